The zero-order chi connectivity index (χ0) is 25.8. The number of ether oxygens (including phenoxy) is 1. The molecule has 1 fully saturated rings. The molecule has 0 unspecified atom stereocenters. The molecule has 2 aromatic rings. The van der Waals surface area contributed by atoms with Gasteiger partial charge in [-0.25, -0.2) is 14.8 Å². The fourth-order valence-electron chi connectivity index (χ4n) is 3.60. The zero-order valence-corrected chi connectivity index (χ0v) is 21.1. The molecule has 0 aliphatic carbocycles. The standard InChI is InChI=1S/C24H30ClN5O5/c1-16-18(21(33)30(15-20(31)32)14-17-7-5-6-8-19(17)25)13-26-22(27-16)28-9-11-29(12-10-28)23(34)35-24(2,3)4/h5-8,13H,9-12,14-15H2,1-4H3,(H,31,32). The average Bonchev–Trinajstić information content (AvgIpc) is 2.78. The zero-order valence-electron chi connectivity index (χ0n) is 20.3. The number of carbonyl (C=O) groups excluding carboxylic acids is 2. The van der Waals surface area contributed by atoms with Gasteiger partial charge in [0, 0.05) is 43.9 Å². The Kier molecular flexibility index (Phi) is 8.16. The maximum Gasteiger partial charge on any atom is 0.410 e. The quantitative estimate of drug-likeness (QED) is 0.638. The van der Waals surface area contributed by atoms with E-state index in [2.05, 4.69) is 9.97 Å². The second-order valence-corrected chi connectivity index (χ2v) is 9.68. The van der Waals surface area contributed by atoms with Gasteiger partial charge in [-0.1, -0.05) is 29.8 Å². The van der Waals surface area contributed by atoms with Crippen molar-refractivity contribution in [1.29, 1.82) is 0 Å². The van der Waals surface area contributed by atoms with Crippen LogP contribution in [0.25, 0.3) is 0 Å². The molecule has 0 saturated carbocycles. The Hall–Kier alpha value is -3.40. The summed E-state index contributed by atoms with van der Waals surface area (Å²) < 4.78 is 5.42. The summed E-state index contributed by atoms with van der Waals surface area (Å²) in [6.45, 7) is 8.67. The van der Waals surface area contributed by atoms with E-state index in [1.54, 1.807) is 36.1 Å². The Balaban J connectivity index is 1.70. The number of aromatic nitrogens is 2. The van der Waals surface area contributed by atoms with Gasteiger partial charge in [0.2, 0.25) is 5.95 Å². The van der Waals surface area contributed by atoms with Crippen molar-refractivity contribution in [3.05, 3.63) is 52.3 Å². The first-order chi connectivity index (χ1) is 16.4. The highest BCUT2D eigenvalue weighted by atomic mass is 35.5. The van der Waals surface area contributed by atoms with Gasteiger partial charge in [0.25, 0.3) is 5.91 Å². The van der Waals surface area contributed by atoms with Crippen molar-refractivity contribution >= 4 is 35.5 Å². The number of hydrogen-bond donors (Lipinski definition) is 1. The largest absolute Gasteiger partial charge is 0.480 e. The van der Waals surface area contributed by atoms with Gasteiger partial charge in [0.1, 0.15) is 12.1 Å². The topological polar surface area (TPSA) is 116 Å². The molecule has 1 aliphatic heterocycles. The maximum absolute atomic E-state index is 13.2. The van der Waals surface area contributed by atoms with Crippen LogP contribution in [-0.4, -0.2) is 81.2 Å². The number of halogens is 1. The van der Waals surface area contributed by atoms with Crippen LogP contribution in [0.5, 0.6) is 0 Å². The molecule has 1 N–H and O–H groups in total. The molecule has 1 aliphatic rings. The van der Waals surface area contributed by atoms with E-state index < -0.39 is 24.0 Å². The van der Waals surface area contributed by atoms with Crippen LogP contribution in [0.1, 0.15) is 42.4 Å². The molecular weight excluding hydrogens is 474 g/mol. The van der Waals surface area contributed by atoms with Crippen molar-refractivity contribution in [2.24, 2.45) is 0 Å². The van der Waals surface area contributed by atoms with Crippen molar-refractivity contribution in [2.75, 3.05) is 37.6 Å². The van der Waals surface area contributed by atoms with Gasteiger partial charge in [-0.05, 0) is 39.3 Å². The van der Waals surface area contributed by atoms with Gasteiger partial charge in [0.05, 0.1) is 11.3 Å². The molecule has 3 rings (SSSR count). The van der Waals surface area contributed by atoms with Crippen LogP contribution in [-0.2, 0) is 16.1 Å². The lowest BCUT2D eigenvalue weighted by molar-refractivity contribution is -0.137. The average molecular weight is 504 g/mol. The van der Waals surface area contributed by atoms with E-state index in [1.807, 2.05) is 25.7 Å². The van der Waals surface area contributed by atoms with E-state index in [-0.39, 0.29) is 18.2 Å². The number of amides is 2. The van der Waals surface area contributed by atoms with Crippen molar-refractivity contribution in [2.45, 2.75) is 39.8 Å². The van der Waals surface area contributed by atoms with E-state index >= 15 is 0 Å². The number of nitrogens with zero attached hydrogens (tertiary/aromatic N) is 5. The molecule has 1 aromatic carbocycles. The Morgan fingerprint density at radius 2 is 1.80 bits per heavy atom. The number of carboxylic acids is 1. The van der Waals surface area contributed by atoms with Gasteiger partial charge < -0.3 is 24.5 Å². The molecule has 0 atom stereocenters. The number of hydrogen-bond acceptors (Lipinski definition) is 7. The number of aliphatic carboxylic acids is 1. The van der Waals surface area contributed by atoms with E-state index in [4.69, 9.17) is 16.3 Å². The van der Waals surface area contributed by atoms with Gasteiger partial charge in [0.15, 0.2) is 0 Å². The SMILES string of the molecule is Cc1nc(N2CCN(C(=O)OC(C)(C)C)CC2)ncc1C(=O)N(CC(=O)O)Cc1ccccc1Cl. The van der Waals surface area contributed by atoms with Gasteiger partial charge in [-0.2, -0.15) is 0 Å². The smallest absolute Gasteiger partial charge is 0.410 e. The summed E-state index contributed by atoms with van der Waals surface area (Å²) in [4.78, 5) is 50.5. The molecule has 0 spiro atoms. The number of carbonyl (C=O) groups is 3. The van der Waals surface area contributed by atoms with Crippen LogP contribution in [0.4, 0.5) is 10.7 Å². The Bertz CT molecular complexity index is 1100. The third-order valence-electron chi connectivity index (χ3n) is 5.34. The van der Waals surface area contributed by atoms with E-state index in [9.17, 15) is 19.5 Å². The van der Waals surface area contributed by atoms with E-state index in [1.165, 1.54) is 11.1 Å². The number of benzene rings is 1. The Labute approximate surface area is 209 Å². The van der Waals surface area contributed by atoms with Gasteiger partial charge in [-0.3, -0.25) is 9.59 Å². The van der Waals surface area contributed by atoms with Crippen molar-refractivity contribution < 1.29 is 24.2 Å². The molecule has 1 saturated heterocycles. The lowest BCUT2D eigenvalue weighted by Crippen LogP contribution is -2.50. The molecule has 2 amide bonds. The summed E-state index contributed by atoms with van der Waals surface area (Å²) in [5.74, 6) is -1.19. The van der Waals surface area contributed by atoms with Crippen LogP contribution >= 0.6 is 11.6 Å². The minimum atomic E-state index is -1.14. The first kappa shape index (κ1) is 26.2. The minimum Gasteiger partial charge on any atom is -0.480 e. The van der Waals surface area contributed by atoms with Crippen LogP contribution in [0.2, 0.25) is 5.02 Å². The summed E-state index contributed by atoms with van der Waals surface area (Å²) in [6.07, 6.45) is 1.06. The summed E-state index contributed by atoms with van der Waals surface area (Å²) in [5.41, 5.74) is 0.734. The second kappa shape index (κ2) is 10.9. The van der Waals surface area contributed by atoms with E-state index in [0.29, 0.717) is 48.4 Å². The number of carboxylic acid groups (broad SMARTS) is 1. The summed E-state index contributed by atoms with van der Waals surface area (Å²) in [6, 6.07) is 6.97. The molecule has 1 aromatic heterocycles. The third kappa shape index (κ3) is 7.05. The highest BCUT2D eigenvalue weighted by molar-refractivity contribution is 6.31. The molecule has 2 heterocycles. The van der Waals surface area contributed by atoms with Crippen LogP contribution in [0.15, 0.2) is 30.5 Å². The molecule has 10 nitrogen and oxygen atoms in total. The first-order valence-corrected chi connectivity index (χ1v) is 11.6. The number of rotatable bonds is 6. The maximum atomic E-state index is 13.2. The fraction of sp³-hybridized carbons (Fsp3) is 0.458. The number of anilines is 1. The molecule has 0 radical (unpaired) electrons. The monoisotopic (exact) mass is 503 g/mol. The molecule has 35 heavy (non-hydrogen) atoms. The summed E-state index contributed by atoms with van der Waals surface area (Å²) >= 11 is 6.21. The predicted octanol–water partition coefficient (Wildman–Crippen LogP) is 3.22. The lowest BCUT2D eigenvalue weighted by atomic mass is 10.1. The van der Waals surface area contributed by atoms with E-state index in [0.717, 1.165) is 0 Å². The highest BCUT2D eigenvalue weighted by Gasteiger charge is 2.28. The molecule has 188 valence electrons. The second-order valence-electron chi connectivity index (χ2n) is 9.27. The third-order valence-corrected chi connectivity index (χ3v) is 5.71. The number of piperazine rings is 1. The molecule has 11 heteroatoms. The summed E-state index contributed by atoms with van der Waals surface area (Å²) in [5, 5.41) is 9.78. The van der Waals surface area contributed by atoms with Crippen LogP contribution in [0, 0.1) is 6.92 Å². The summed E-state index contributed by atoms with van der Waals surface area (Å²) in [7, 11) is 0. The molecular formula is C24H30ClN5O5. The minimum absolute atomic E-state index is 0.0403. The fourth-order valence-corrected chi connectivity index (χ4v) is 3.79. The lowest BCUT2D eigenvalue weighted by Gasteiger charge is -2.35. The van der Waals surface area contributed by atoms with Crippen molar-refractivity contribution in [3.63, 3.8) is 0 Å². The first-order valence-electron chi connectivity index (χ1n) is 11.3. The van der Waals surface area contributed by atoms with Gasteiger partial charge in [-0.15, -0.1) is 0 Å². The van der Waals surface area contributed by atoms with Crippen LogP contribution in [0.3, 0.4) is 0 Å². The van der Waals surface area contributed by atoms with Crippen LogP contribution < -0.4 is 4.90 Å². The highest BCUT2D eigenvalue weighted by Crippen LogP contribution is 2.20. The number of aryl methyl sites for hydroxylation is 1. The molecule has 0 bridgehead atoms. The normalized spacial score (nSPS) is 14.0. The predicted molar refractivity (Wildman–Crippen MR) is 131 cm³/mol. The Morgan fingerprint density at radius 3 is 2.37 bits per heavy atom. The van der Waals surface area contributed by atoms with Crippen molar-refractivity contribution in [3.8, 4) is 0 Å². The van der Waals surface area contributed by atoms with Crippen molar-refractivity contribution in [1.82, 2.24) is 19.8 Å². The van der Waals surface area contributed by atoms with Gasteiger partial charge >= 0.3 is 12.1 Å². The Morgan fingerprint density at radius 1 is 1.14 bits per heavy atom.